The predicted molar refractivity (Wildman–Crippen MR) is 72.2 cm³/mol. The maximum atomic E-state index is 10.9. The lowest BCUT2D eigenvalue weighted by molar-refractivity contribution is 0.112. The Hall–Kier alpha value is -1.62. The summed E-state index contributed by atoms with van der Waals surface area (Å²) < 4.78 is 8.33. The molecule has 1 aromatic carbocycles. The van der Waals surface area contributed by atoms with Crippen LogP contribution in [0.3, 0.4) is 0 Å². The van der Waals surface area contributed by atoms with E-state index in [2.05, 4.69) is 21.0 Å². The molecule has 18 heavy (non-hydrogen) atoms. The molecule has 1 aromatic heterocycles. The van der Waals surface area contributed by atoms with Gasteiger partial charge >= 0.3 is 0 Å². The summed E-state index contributed by atoms with van der Waals surface area (Å²) >= 11 is 3.35. The number of halogens is 1. The third-order valence-electron chi connectivity index (χ3n) is 2.44. The van der Waals surface area contributed by atoms with Crippen molar-refractivity contribution >= 4 is 22.2 Å². The van der Waals surface area contributed by atoms with Crippen LogP contribution >= 0.6 is 15.9 Å². The molecule has 0 aliphatic rings. The zero-order valence-electron chi connectivity index (χ0n) is 10.1. The Morgan fingerprint density at radius 3 is 2.83 bits per heavy atom. The van der Waals surface area contributed by atoms with Gasteiger partial charge in [-0.2, -0.15) is 5.10 Å². The quantitative estimate of drug-likeness (QED) is 0.806. The number of carbonyl (C=O) groups is 1. The molecule has 0 N–H and O–H groups in total. The monoisotopic (exact) mass is 308 g/mol. The van der Waals surface area contributed by atoms with E-state index in [9.17, 15) is 4.79 Å². The molecule has 0 atom stereocenters. The van der Waals surface area contributed by atoms with Crippen LogP contribution in [-0.4, -0.2) is 16.1 Å². The Kier molecular flexibility index (Phi) is 3.81. The van der Waals surface area contributed by atoms with Crippen molar-refractivity contribution in [2.45, 2.75) is 19.9 Å². The lowest BCUT2D eigenvalue weighted by atomic mass is 10.2. The van der Waals surface area contributed by atoms with Crippen molar-refractivity contribution in [3.05, 3.63) is 40.6 Å². The molecule has 0 fully saturated rings. The first-order chi connectivity index (χ1) is 8.60. The van der Waals surface area contributed by atoms with Gasteiger partial charge < -0.3 is 4.74 Å². The number of nitrogens with zero attached hydrogens (tertiary/aromatic N) is 2. The smallest absolute Gasteiger partial charge is 0.165 e. The molecule has 1 heterocycles. The second-order valence-electron chi connectivity index (χ2n) is 4.15. The maximum absolute atomic E-state index is 10.9. The van der Waals surface area contributed by atoms with Crippen molar-refractivity contribution in [1.82, 2.24) is 9.78 Å². The normalized spacial score (nSPS) is 10.7. The fourth-order valence-corrected chi connectivity index (χ4v) is 1.82. The fraction of sp³-hybridized carbons (Fsp3) is 0.231. The fourth-order valence-electron chi connectivity index (χ4n) is 1.48. The number of aldehydes is 1. The van der Waals surface area contributed by atoms with Crippen LogP contribution in [0, 0.1) is 0 Å². The van der Waals surface area contributed by atoms with Crippen LogP contribution in [0.2, 0.25) is 0 Å². The van der Waals surface area contributed by atoms with Gasteiger partial charge in [0.25, 0.3) is 0 Å². The number of ether oxygens (including phenoxy) is 1. The summed E-state index contributed by atoms with van der Waals surface area (Å²) in [5, 5.41) is 4.18. The Balaban J connectivity index is 2.27. The van der Waals surface area contributed by atoms with E-state index in [1.165, 1.54) is 0 Å². The molecule has 0 radical (unpaired) electrons. The van der Waals surface area contributed by atoms with Crippen LogP contribution in [0.5, 0.6) is 11.5 Å². The molecule has 0 unspecified atom stereocenters. The van der Waals surface area contributed by atoms with Gasteiger partial charge in [-0.05, 0) is 32.0 Å². The van der Waals surface area contributed by atoms with Gasteiger partial charge in [-0.3, -0.25) is 9.48 Å². The largest absolute Gasteiger partial charge is 0.453 e. The molecule has 0 bridgehead atoms. The van der Waals surface area contributed by atoms with Gasteiger partial charge in [0.05, 0.1) is 18.0 Å². The summed E-state index contributed by atoms with van der Waals surface area (Å²) in [5.74, 6) is 1.13. The topological polar surface area (TPSA) is 44.1 Å². The average Bonchev–Trinajstić information content (AvgIpc) is 2.78. The number of hydrogen-bond acceptors (Lipinski definition) is 3. The van der Waals surface area contributed by atoms with Gasteiger partial charge in [0, 0.05) is 10.5 Å². The molecule has 0 aliphatic heterocycles. The number of hydrogen-bond donors (Lipinski definition) is 0. The third kappa shape index (κ3) is 2.79. The highest BCUT2D eigenvalue weighted by Crippen LogP contribution is 2.27. The summed E-state index contributed by atoms with van der Waals surface area (Å²) in [4.78, 5) is 10.9. The minimum atomic E-state index is 0.274. The Morgan fingerprint density at radius 1 is 1.44 bits per heavy atom. The first-order valence-corrected chi connectivity index (χ1v) is 6.36. The van der Waals surface area contributed by atoms with E-state index in [0.717, 1.165) is 10.8 Å². The number of benzene rings is 1. The van der Waals surface area contributed by atoms with E-state index < -0.39 is 0 Å². The van der Waals surface area contributed by atoms with Gasteiger partial charge in [-0.1, -0.05) is 15.9 Å². The molecule has 0 amide bonds. The zero-order valence-corrected chi connectivity index (χ0v) is 11.7. The van der Waals surface area contributed by atoms with Crippen LogP contribution in [0.15, 0.2) is 35.1 Å². The molecule has 4 nitrogen and oxygen atoms in total. The number of aromatic nitrogens is 2. The van der Waals surface area contributed by atoms with Crippen molar-refractivity contribution in [3.8, 4) is 11.5 Å². The summed E-state index contributed by atoms with van der Waals surface area (Å²) in [6.45, 7) is 4.07. The minimum absolute atomic E-state index is 0.274. The van der Waals surface area contributed by atoms with E-state index >= 15 is 0 Å². The van der Waals surface area contributed by atoms with E-state index in [-0.39, 0.29) is 6.04 Å². The molecular weight excluding hydrogens is 296 g/mol. The highest BCUT2D eigenvalue weighted by atomic mass is 79.9. The van der Waals surface area contributed by atoms with Crippen LogP contribution in [0.25, 0.3) is 0 Å². The minimum Gasteiger partial charge on any atom is -0.453 e. The summed E-state index contributed by atoms with van der Waals surface area (Å²) in [7, 11) is 0. The van der Waals surface area contributed by atoms with Gasteiger partial charge in [0.2, 0.25) is 0 Å². The lowest BCUT2D eigenvalue weighted by Crippen LogP contribution is -1.99. The molecule has 0 saturated carbocycles. The molecule has 2 rings (SSSR count). The van der Waals surface area contributed by atoms with Crippen LogP contribution in [-0.2, 0) is 0 Å². The number of rotatable bonds is 4. The van der Waals surface area contributed by atoms with Crippen molar-refractivity contribution in [3.63, 3.8) is 0 Å². The van der Waals surface area contributed by atoms with E-state index in [1.54, 1.807) is 35.3 Å². The van der Waals surface area contributed by atoms with Crippen molar-refractivity contribution in [1.29, 1.82) is 0 Å². The standard InChI is InChI=1S/C13H13BrN2O2/c1-9(2)16-7-12(6-15-16)18-13-5-11(14)4-3-10(13)8-17/h3-9H,1-2H3. The summed E-state index contributed by atoms with van der Waals surface area (Å²) in [5.41, 5.74) is 0.510. The average molecular weight is 309 g/mol. The Morgan fingerprint density at radius 2 is 2.22 bits per heavy atom. The Labute approximate surface area is 114 Å². The summed E-state index contributed by atoms with van der Waals surface area (Å²) in [6, 6.07) is 5.54. The van der Waals surface area contributed by atoms with Crippen molar-refractivity contribution < 1.29 is 9.53 Å². The van der Waals surface area contributed by atoms with Crippen LogP contribution in [0.1, 0.15) is 30.2 Å². The summed E-state index contributed by atoms with van der Waals surface area (Å²) in [6.07, 6.45) is 4.21. The van der Waals surface area contributed by atoms with Gasteiger partial charge in [0.1, 0.15) is 5.75 Å². The predicted octanol–water partition coefficient (Wildman–Crippen LogP) is 3.83. The van der Waals surface area contributed by atoms with E-state index in [0.29, 0.717) is 17.1 Å². The Bertz CT molecular complexity index is 564. The van der Waals surface area contributed by atoms with E-state index in [1.807, 2.05) is 13.8 Å². The second kappa shape index (κ2) is 5.35. The van der Waals surface area contributed by atoms with E-state index in [4.69, 9.17) is 4.74 Å². The zero-order chi connectivity index (χ0) is 13.1. The highest BCUT2D eigenvalue weighted by Gasteiger charge is 2.08. The van der Waals surface area contributed by atoms with Crippen molar-refractivity contribution in [2.75, 3.05) is 0 Å². The van der Waals surface area contributed by atoms with Crippen molar-refractivity contribution in [2.24, 2.45) is 0 Å². The molecule has 94 valence electrons. The SMILES string of the molecule is CC(C)n1cc(Oc2cc(Br)ccc2C=O)cn1. The number of carbonyl (C=O) groups excluding carboxylic acids is 1. The van der Waals surface area contributed by atoms with Gasteiger partial charge in [-0.15, -0.1) is 0 Å². The highest BCUT2D eigenvalue weighted by molar-refractivity contribution is 9.10. The first-order valence-electron chi connectivity index (χ1n) is 5.57. The van der Waals surface area contributed by atoms with Crippen LogP contribution < -0.4 is 4.74 Å². The molecule has 5 heteroatoms. The molecule has 0 spiro atoms. The molecule has 2 aromatic rings. The third-order valence-corrected chi connectivity index (χ3v) is 2.93. The first kappa shape index (κ1) is 12.8. The molecule has 0 aliphatic carbocycles. The molecular formula is C13H13BrN2O2. The van der Waals surface area contributed by atoms with Crippen LogP contribution in [0.4, 0.5) is 0 Å². The second-order valence-corrected chi connectivity index (χ2v) is 5.07. The van der Waals surface area contributed by atoms with Gasteiger partial charge in [-0.25, -0.2) is 0 Å². The maximum Gasteiger partial charge on any atom is 0.165 e. The molecule has 0 saturated heterocycles. The van der Waals surface area contributed by atoms with Gasteiger partial charge in [0.15, 0.2) is 12.0 Å². The lowest BCUT2D eigenvalue weighted by Gasteiger charge is -2.06.